The summed E-state index contributed by atoms with van der Waals surface area (Å²) in [5.41, 5.74) is 3.98. The number of nitrogens with zero attached hydrogens (tertiary/aromatic N) is 3. The second-order valence-corrected chi connectivity index (χ2v) is 10.1. The third-order valence-electron chi connectivity index (χ3n) is 6.16. The Kier molecular flexibility index (Phi) is 5.17. The molecule has 0 saturated carbocycles. The number of hydrogen-bond donors (Lipinski definition) is 0. The van der Waals surface area contributed by atoms with Crippen LogP contribution in [0.3, 0.4) is 0 Å². The monoisotopic (exact) mass is 477 g/mol. The molecule has 0 unspecified atom stereocenters. The molecule has 10 heteroatoms. The zero-order chi connectivity index (χ0) is 23.4. The van der Waals surface area contributed by atoms with Crippen LogP contribution in [0.15, 0.2) is 70.8 Å². The van der Waals surface area contributed by atoms with Gasteiger partial charge in [0.05, 0.1) is 28.0 Å². The maximum Gasteiger partial charge on any atom is 0.416 e. The third kappa shape index (κ3) is 3.97. The SMILES string of the molecule is O=S(=O)(c1ccc(C(F)(F)F)cc1)N1CCC2=C(Cc3cnn(-c4ccc(F)cc4)c3C2)C1. The summed E-state index contributed by atoms with van der Waals surface area (Å²) >= 11 is 0. The van der Waals surface area contributed by atoms with Gasteiger partial charge in [0, 0.05) is 19.5 Å². The Hall–Kier alpha value is -2.98. The highest BCUT2D eigenvalue weighted by molar-refractivity contribution is 7.89. The molecular weight excluding hydrogens is 458 g/mol. The maximum absolute atomic E-state index is 13.3. The summed E-state index contributed by atoms with van der Waals surface area (Å²) in [6.07, 6.45) is -1.08. The molecule has 0 saturated heterocycles. The zero-order valence-electron chi connectivity index (χ0n) is 17.3. The van der Waals surface area contributed by atoms with Gasteiger partial charge in [0.25, 0.3) is 0 Å². The fourth-order valence-corrected chi connectivity index (χ4v) is 5.82. The number of rotatable bonds is 3. The van der Waals surface area contributed by atoms with Gasteiger partial charge in [-0.05, 0) is 66.9 Å². The van der Waals surface area contributed by atoms with Crippen molar-refractivity contribution in [2.24, 2.45) is 0 Å². The Morgan fingerprint density at radius 1 is 0.909 bits per heavy atom. The first-order valence-corrected chi connectivity index (χ1v) is 11.8. The van der Waals surface area contributed by atoms with Crippen LogP contribution in [0.2, 0.25) is 0 Å². The average Bonchev–Trinajstić information content (AvgIpc) is 3.20. The second kappa shape index (κ2) is 7.81. The van der Waals surface area contributed by atoms with Crippen LogP contribution < -0.4 is 0 Å². The number of fused-ring (bicyclic) bond motifs is 1. The highest BCUT2D eigenvalue weighted by Crippen LogP contribution is 2.35. The minimum absolute atomic E-state index is 0.153. The van der Waals surface area contributed by atoms with E-state index in [0.717, 1.165) is 52.4 Å². The molecule has 3 aromatic rings. The minimum atomic E-state index is -4.52. The van der Waals surface area contributed by atoms with Crippen LogP contribution in [0.5, 0.6) is 0 Å². The van der Waals surface area contributed by atoms with Gasteiger partial charge in [-0.2, -0.15) is 22.6 Å². The largest absolute Gasteiger partial charge is 0.416 e. The number of hydrogen-bond acceptors (Lipinski definition) is 3. The van der Waals surface area contributed by atoms with Gasteiger partial charge < -0.3 is 0 Å². The molecule has 172 valence electrons. The number of sulfonamides is 1. The predicted molar refractivity (Wildman–Crippen MR) is 113 cm³/mol. The summed E-state index contributed by atoms with van der Waals surface area (Å²) in [4.78, 5) is -0.153. The van der Waals surface area contributed by atoms with Gasteiger partial charge >= 0.3 is 6.18 Å². The Balaban J connectivity index is 1.37. The van der Waals surface area contributed by atoms with Crippen LogP contribution in [-0.2, 0) is 29.0 Å². The van der Waals surface area contributed by atoms with Crippen LogP contribution in [0.25, 0.3) is 5.69 Å². The molecule has 5 nitrogen and oxygen atoms in total. The first-order chi connectivity index (χ1) is 15.6. The first-order valence-electron chi connectivity index (χ1n) is 10.3. The van der Waals surface area contributed by atoms with Crippen molar-refractivity contribution >= 4 is 10.0 Å². The van der Waals surface area contributed by atoms with E-state index in [1.54, 1.807) is 23.0 Å². The number of benzene rings is 2. The first kappa shape index (κ1) is 21.8. The molecule has 0 bridgehead atoms. The fourth-order valence-electron chi connectivity index (χ4n) is 4.39. The van der Waals surface area contributed by atoms with Crippen LogP contribution >= 0.6 is 0 Å². The number of aromatic nitrogens is 2. The molecule has 5 rings (SSSR count). The van der Waals surface area contributed by atoms with Crippen molar-refractivity contribution in [2.75, 3.05) is 13.1 Å². The van der Waals surface area contributed by atoms with E-state index < -0.39 is 21.8 Å². The van der Waals surface area contributed by atoms with Gasteiger partial charge in [-0.15, -0.1) is 0 Å². The quantitative estimate of drug-likeness (QED) is 0.412. The van der Waals surface area contributed by atoms with Gasteiger partial charge in [0.2, 0.25) is 10.0 Å². The lowest BCUT2D eigenvalue weighted by Gasteiger charge is -2.33. The number of halogens is 4. The van der Waals surface area contributed by atoms with Crippen LogP contribution in [-0.4, -0.2) is 35.6 Å². The molecule has 1 aromatic heterocycles. The average molecular weight is 477 g/mol. The molecule has 2 heterocycles. The van der Waals surface area contributed by atoms with Crippen LogP contribution in [0.4, 0.5) is 17.6 Å². The normalized spacial score (nSPS) is 17.1. The van der Waals surface area contributed by atoms with Gasteiger partial charge in [-0.3, -0.25) is 0 Å². The van der Waals surface area contributed by atoms with Crippen molar-refractivity contribution in [1.29, 1.82) is 0 Å². The molecule has 1 aliphatic carbocycles. The molecule has 0 amide bonds. The van der Waals surface area contributed by atoms with E-state index in [2.05, 4.69) is 5.10 Å². The lowest BCUT2D eigenvalue weighted by molar-refractivity contribution is -0.137. The Morgan fingerprint density at radius 2 is 1.61 bits per heavy atom. The van der Waals surface area contributed by atoms with E-state index in [4.69, 9.17) is 0 Å². The van der Waals surface area contributed by atoms with Crippen LogP contribution in [0.1, 0.15) is 23.2 Å². The molecule has 0 atom stereocenters. The van der Waals surface area contributed by atoms with Crippen molar-refractivity contribution in [1.82, 2.24) is 14.1 Å². The van der Waals surface area contributed by atoms with Crippen molar-refractivity contribution in [3.8, 4) is 5.69 Å². The van der Waals surface area contributed by atoms with E-state index in [9.17, 15) is 26.0 Å². The molecule has 0 N–H and O–H groups in total. The number of alkyl halides is 3. The molecule has 0 spiro atoms. The summed E-state index contributed by atoms with van der Waals surface area (Å²) < 4.78 is 80.9. The van der Waals surface area contributed by atoms with Gasteiger partial charge in [-0.25, -0.2) is 17.5 Å². The Morgan fingerprint density at radius 3 is 2.27 bits per heavy atom. The van der Waals surface area contributed by atoms with E-state index in [-0.39, 0.29) is 23.8 Å². The lowest BCUT2D eigenvalue weighted by Crippen LogP contribution is -2.38. The summed E-state index contributed by atoms with van der Waals surface area (Å²) in [7, 11) is -3.92. The molecule has 0 radical (unpaired) electrons. The van der Waals surface area contributed by atoms with Crippen LogP contribution in [0, 0.1) is 5.82 Å². The van der Waals surface area contributed by atoms with E-state index in [1.165, 1.54) is 16.4 Å². The summed E-state index contributed by atoms with van der Waals surface area (Å²) in [5, 5.41) is 4.44. The van der Waals surface area contributed by atoms with Gasteiger partial charge in [0.15, 0.2) is 0 Å². The highest BCUT2D eigenvalue weighted by atomic mass is 32.2. The Labute approximate surface area is 188 Å². The molecule has 2 aromatic carbocycles. The predicted octanol–water partition coefficient (Wildman–Crippen LogP) is 4.52. The standard InChI is InChI=1S/C23H19F4N3O2S/c24-19-3-5-20(6-4-19)30-22-12-15-9-10-29(14-17(15)11-16(22)13-28-30)33(31,32)21-7-1-18(2-8-21)23(25,26)27/h1-8,13H,9-12,14H2. The molecule has 2 aliphatic rings. The maximum atomic E-state index is 13.3. The fraction of sp³-hybridized carbons (Fsp3) is 0.261. The van der Waals surface area contributed by atoms with Crippen molar-refractivity contribution in [3.05, 3.63) is 88.5 Å². The molecule has 33 heavy (non-hydrogen) atoms. The minimum Gasteiger partial charge on any atom is -0.237 e. The zero-order valence-corrected chi connectivity index (χ0v) is 18.1. The lowest BCUT2D eigenvalue weighted by atomic mass is 9.86. The third-order valence-corrected chi connectivity index (χ3v) is 8.02. The van der Waals surface area contributed by atoms with E-state index in [0.29, 0.717) is 19.3 Å². The van der Waals surface area contributed by atoms with Crippen molar-refractivity contribution in [2.45, 2.75) is 30.3 Å². The highest BCUT2D eigenvalue weighted by Gasteiger charge is 2.34. The Bertz CT molecular complexity index is 1340. The van der Waals surface area contributed by atoms with Crippen molar-refractivity contribution < 1.29 is 26.0 Å². The summed E-state index contributed by atoms with van der Waals surface area (Å²) in [5.74, 6) is -0.327. The van der Waals surface area contributed by atoms with E-state index in [1.807, 2.05) is 0 Å². The smallest absolute Gasteiger partial charge is 0.237 e. The second-order valence-electron chi connectivity index (χ2n) is 8.18. The summed E-state index contributed by atoms with van der Waals surface area (Å²) in [6.45, 7) is 0.446. The van der Waals surface area contributed by atoms with E-state index >= 15 is 0 Å². The van der Waals surface area contributed by atoms with Crippen molar-refractivity contribution in [3.63, 3.8) is 0 Å². The van der Waals surface area contributed by atoms with Gasteiger partial charge in [0.1, 0.15) is 5.82 Å². The molecular formula is C23H19F4N3O2S. The molecule has 0 fully saturated rings. The van der Waals surface area contributed by atoms with Gasteiger partial charge in [-0.1, -0.05) is 11.1 Å². The topological polar surface area (TPSA) is 55.2 Å². The summed E-state index contributed by atoms with van der Waals surface area (Å²) in [6, 6.07) is 9.67. The molecule has 1 aliphatic heterocycles.